The van der Waals surface area contributed by atoms with Crippen LogP contribution >= 0.6 is 15.9 Å². The van der Waals surface area contributed by atoms with Gasteiger partial charge in [0.1, 0.15) is 0 Å². The Morgan fingerprint density at radius 2 is 1.74 bits per heavy atom. The van der Waals surface area contributed by atoms with Crippen molar-refractivity contribution in [3.8, 4) is 11.5 Å². The van der Waals surface area contributed by atoms with E-state index in [1.807, 2.05) is 43.3 Å². The van der Waals surface area contributed by atoms with Gasteiger partial charge in [0, 0.05) is 18.3 Å². The van der Waals surface area contributed by atoms with E-state index in [4.69, 9.17) is 9.47 Å². The normalized spacial score (nSPS) is 15.1. The van der Waals surface area contributed by atoms with Crippen molar-refractivity contribution in [2.24, 2.45) is 0 Å². The summed E-state index contributed by atoms with van der Waals surface area (Å²) < 4.78 is 12.1. The summed E-state index contributed by atoms with van der Waals surface area (Å²) in [7, 11) is 1.62. The Kier molecular flexibility index (Phi) is 9.22. The zero-order valence-corrected chi connectivity index (χ0v) is 20.1. The lowest BCUT2D eigenvalue weighted by Crippen LogP contribution is -2.29. The number of aryl methyl sites for hydroxylation is 1. The van der Waals surface area contributed by atoms with Crippen LogP contribution in [-0.4, -0.2) is 25.7 Å². The minimum atomic E-state index is -0.215. The first-order chi connectivity index (χ1) is 15.0. The molecule has 1 amide bonds. The number of nitrogens with one attached hydrogen (secondary N) is 2. The molecule has 168 valence electrons. The van der Waals surface area contributed by atoms with Gasteiger partial charge in [0.15, 0.2) is 18.1 Å². The third kappa shape index (κ3) is 7.54. The summed E-state index contributed by atoms with van der Waals surface area (Å²) in [5.74, 6) is 0.941. The Labute approximate surface area is 194 Å². The summed E-state index contributed by atoms with van der Waals surface area (Å²) in [5, 5.41) is 6.55. The second-order valence-electron chi connectivity index (χ2n) is 8.23. The first kappa shape index (κ1) is 23.6. The lowest BCUT2D eigenvalue weighted by atomic mass is 9.96. The van der Waals surface area contributed by atoms with Gasteiger partial charge in [0.2, 0.25) is 0 Å². The number of amides is 1. The Hall–Kier alpha value is -2.05. The molecule has 2 aromatic rings. The lowest BCUT2D eigenvalue weighted by molar-refractivity contribution is -0.118. The second-order valence-corrected chi connectivity index (χ2v) is 9.09. The monoisotopic (exact) mass is 488 g/mol. The highest BCUT2D eigenvalue weighted by molar-refractivity contribution is 9.10. The number of methoxy groups -OCH3 is 1. The average molecular weight is 489 g/mol. The van der Waals surface area contributed by atoms with Gasteiger partial charge in [-0.05, 0) is 65.5 Å². The van der Waals surface area contributed by atoms with Gasteiger partial charge in [-0.3, -0.25) is 4.79 Å². The molecule has 0 saturated heterocycles. The molecule has 0 atom stereocenters. The summed E-state index contributed by atoms with van der Waals surface area (Å²) in [6, 6.07) is 12.3. The fraction of sp³-hybridized carbons (Fsp3) is 0.480. The molecule has 1 aliphatic carbocycles. The Bertz CT molecular complexity index is 847. The lowest BCUT2D eigenvalue weighted by Gasteiger charge is -2.21. The van der Waals surface area contributed by atoms with Gasteiger partial charge in [-0.15, -0.1) is 0 Å². The van der Waals surface area contributed by atoms with E-state index in [0.29, 0.717) is 17.5 Å². The van der Waals surface area contributed by atoms with Gasteiger partial charge in [0.05, 0.1) is 11.6 Å². The van der Waals surface area contributed by atoms with Crippen molar-refractivity contribution in [2.75, 3.05) is 19.0 Å². The number of anilines is 1. The molecule has 0 unspecified atom stereocenters. The number of ether oxygens (including phenoxy) is 2. The predicted octanol–water partition coefficient (Wildman–Crippen LogP) is 5.99. The van der Waals surface area contributed by atoms with Gasteiger partial charge in [-0.25, -0.2) is 0 Å². The third-order valence-electron chi connectivity index (χ3n) is 5.67. The van der Waals surface area contributed by atoms with Crippen LogP contribution in [0.5, 0.6) is 11.5 Å². The minimum Gasteiger partial charge on any atom is -0.493 e. The van der Waals surface area contributed by atoms with Crippen molar-refractivity contribution in [3.05, 3.63) is 52.0 Å². The van der Waals surface area contributed by atoms with Gasteiger partial charge in [0.25, 0.3) is 5.91 Å². The van der Waals surface area contributed by atoms with Crippen molar-refractivity contribution in [1.29, 1.82) is 0 Å². The standard InChI is InChI=1S/C25H33BrN2O3/c1-18-10-12-21(13-11-18)28-24(29)17-31-25-22(26)14-19(15-23(25)30-2)16-27-20-8-6-4-3-5-7-9-20/h10-15,20,27H,3-9,16-17H2,1-2H3,(H,28,29). The smallest absolute Gasteiger partial charge is 0.262 e. The molecule has 1 fully saturated rings. The van der Waals surface area contributed by atoms with Gasteiger partial charge in [-0.1, -0.05) is 49.8 Å². The molecule has 0 aliphatic heterocycles. The molecule has 1 saturated carbocycles. The molecular weight excluding hydrogens is 456 g/mol. The van der Waals surface area contributed by atoms with Crippen LogP contribution in [0.2, 0.25) is 0 Å². The van der Waals surface area contributed by atoms with Gasteiger partial charge < -0.3 is 20.1 Å². The van der Waals surface area contributed by atoms with Crippen molar-refractivity contribution < 1.29 is 14.3 Å². The van der Waals surface area contributed by atoms with Crippen LogP contribution in [0.25, 0.3) is 0 Å². The van der Waals surface area contributed by atoms with Crippen molar-refractivity contribution in [3.63, 3.8) is 0 Å². The molecule has 31 heavy (non-hydrogen) atoms. The molecular formula is C25H33BrN2O3. The molecule has 0 spiro atoms. The highest BCUT2D eigenvalue weighted by Gasteiger charge is 2.15. The van der Waals surface area contributed by atoms with Crippen molar-refractivity contribution >= 4 is 27.5 Å². The van der Waals surface area contributed by atoms with Crippen LogP contribution in [-0.2, 0) is 11.3 Å². The van der Waals surface area contributed by atoms with Crippen LogP contribution in [0.3, 0.4) is 0 Å². The molecule has 2 aromatic carbocycles. The molecule has 5 nitrogen and oxygen atoms in total. The number of halogens is 1. The van der Waals surface area contributed by atoms with E-state index in [-0.39, 0.29) is 12.5 Å². The number of carbonyl (C=O) groups excluding carboxylic acids is 1. The van der Waals surface area contributed by atoms with E-state index in [0.717, 1.165) is 27.8 Å². The largest absolute Gasteiger partial charge is 0.493 e. The Balaban J connectivity index is 1.56. The van der Waals surface area contributed by atoms with E-state index in [2.05, 4.69) is 26.6 Å². The van der Waals surface area contributed by atoms with Crippen molar-refractivity contribution in [2.45, 2.75) is 64.5 Å². The van der Waals surface area contributed by atoms with E-state index < -0.39 is 0 Å². The fourth-order valence-electron chi connectivity index (χ4n) is 3.91. The highest BCUT2D eigenvalue weighted by atomic mass is 79.9. The second kappa shape index (κ2) is 12.1. The summed E-state index contributed by atoms with van der Waals surface area (Å²) >= 11 is 3.59. The van der Waals surface area contributed by atoms with Crippen LogP contribution < -0.4 is 20.1 Å². The van der Waals surface area contributed by atoms with Gasteiger partial charge in [-0.2, -0.15) is 0 Å². The zero-order valence-electron chi connectivity index (χ0n) is 18.5. The molecule has 0 heterocycles. The predicted molar refractivity (Wildman–Crippen MR) is 129 cm³/mol. The van der Waals surface area contributed by atoms with Crippen molar-refractivity contribution in [1.82, 2.24) is 5.32 Å². The number of rotatable bonds is 8. The quantitative estimate of drug-likeness (QED) is 0.479. The molecule has 0 bridgehead atoms. The zero-order chi connectivity index (χ0) is 22.1. The Morgan fingerprint density at radius 1 is 1.06 bits per heavy atom. The Morgan fingerprint density at radius 3 is 2.42 bits per heavy atom. The SMILES string of the molecule is COc1cc(CNC2CCCCCCC2)cc(Br)c1OCC(=O)Nc1ccc(C)cc1. The number of carbonyl (C=O) groups is 1. The first-order valence-electron chi connectivity index (χ1n) is 11.1. The van der Waals surface area contributed by atoms with Gasteiger partial charge >= 0.3 is 0 Å². The summed E-state index contributed by atoms with van der Waals surface area (Å²) in [5.41, 5.74) is 3.02. The van der Waals surface area contributed by atoms with E-state index in [1.54, 1.807) is 7.11 Å². The maximum absolute atomic E-state index is 12.3. The maximum Gasteiger partial charge on any atom is 0.262 e. The van der Waals surface area contributed by atoms with E-state index in [1.165, 1.54) is 44.9 Å². The minimum absolute atomic E-state index is 0.0947. The molecule has 1 aliphatic rings. The van der Waals surface area contributed by atoms with Crippen LogP contribution in [0, 0.1) is 6.92 Å². The molecule has 0 radical (unpaired) electrons. The van der Waals surface area contributed by atoms with E-state index in [9.17, 15) is 4.79 Å². The van der Waals surface area contributed by atoms with E-state index >= 15 is 0 Å². The number of hydrogen-bond donors (Lipinski definition) is 2. The highest BCUT2D eigenvalue weighted by Crippen LogP contribution is 2.36. The topological polar surface area (TPSA) is 59.6 Å². The summed E-state index contributed by atoms with van der Waals surface area (Å²) in [6.07, 6.45) is 9.18. The maximum atomic E-state index is 12.3. The summed E-state index contributed by atoms with van der Waals surface area (Å²) in [4.78, 5) is 12.3. The molecule has 0 aromatic heterocycles. The first-order valence-corrected chi connectivity index (χ1v) is 11.9. The summed E-state index contributed by atoms with van der Waals surface area (Å²) in [6.45, 7) is 2.70. The van der Waals surface area contributed by atoms with Crippen LogP contribution in [0.15, 0.2) is 40.9 Å². The number of hydrogen-bond acceptors (Lipinski definition) is 4. The molecule has 6 heteroatoms. The average Bonchev–Trinajstić information content (AvgIpc) is 2.73. The third-order valence-corrected chi connectivity index (χ3v) is 6.26. The molecule has 2 N–H and O–H groups in total. The molecule has 3 rings (SSSR count). The van der Waals surface area contributed by atoms with Crippen LogP contribution in [0.4, 0.5) is 5.69 Å². The fourth-order valence-corrected chi connectivity index (χ4v) is 4.51. The number of benzene rings is 2. The van der Waals surface area contributed by atoms with Crippen LogP contribution in [0.1, 0.15) is 56.1 Å².